The molecule has 0 aliphatic heterocycles. The molecule has 0 saturated heterocycles. The molecule has 82 valence electrons. The molecule has 0 atom stereocenters. The normalized spacial score (nSPS) is 16.1. The summed E-state index contributed by atoms with van der Waals surface area (Å²) in [5, 5.41) is 0. The van der Waals surface area contributed by atoms with Crippen molar-refractivity contribution in [3.63, 3.8) is 0 Å². The molecule has 0 radical (unpaired) electrons. The maximum Gasteiger partial charge on any atom is 0.215 e. The zero-order valence-electron chi connectivity index (χ0n) is 9.20. The van der Waals surface area contributed by atoms with Crippen LogP contribution in [0.2, 0.25) is 0 Å². The number of hydrogen-bond donors (Lipinski definition) is 1. The Kier molecular flexibility index (Phi) is 3.09. The molecule has 3 heteroatoms. The number of nitrogens with two attached hydrogens (primary N) is 1. The summed E-state index contributed by atoms with van der Waals surface area (Å²) in [6.45, 7) is 2.71. The molecule has 1 aromatic rings. The van der Waals surface area contributed by atoms with E-state index in [-0.39, 0.29) is 0 Å². The van der Waals surface area contributed by atoms with Gasteiger partial charge in [0.05, 0.1) is 6.61 Å². The Morgan fingerprint density at radius 2 is 2.33 bits per heavy atom. The summed E-state index contributed by atoms with van der Waals surface area (Å²) >= 11 is 0. The molecule has 1 aliphatic carbocycles. The zero-order valence-corrected chi connectivity index (χ0v) is 9.20. The van der Waals surface area contributed by atoms with Gasteiger partial charge in [0.2, 0.25) is 5.88 Å². The van der Waals surface area contributed by atoms with Crippen molar-refractivity contribution in [3.05, 3.63) is 17.8 Å². The smallest absolute Gasteiger partial charge is 0.215 e. The van der Waals surface area contributed by atoms with Crippen LogP contribution in [0.1, 0.15) is 31.2 Å². The van der Waals surface area contributed by atoms with E-state index in [0.29, 0.717) is 5.88 Å². The summed E-state index contributed by atoms with van der Waals surface area (Å²) in [5.74, 6) is 1.53. The van der Waals surface area contributed by atoms with Crippen LogP contribution in [-0.4, -0.2) is 11.6 Å². The molecule has 0 bridgehead atoms. The summed E-state index contributed by atoms with van der Waals surface area (Å²) in [6, 6.07) is 1.80. The fraction of sp³-hybridized carbons (Fsp3) is 0.583. The van der Waals surface area contributed by atoms with Gasteiger partial charge in [-0.15, -0.1) is 0 Å². The van der Waals surface area contributed by atoms with E-state index in [0.717, 1.165) is 30.2 Å². The first-order chi connectivity index (χ1) is 7.25. The number of nitrogen functional groups attached to an aromatic ring is 1. The van der Waals surface area contributed by atoms with Gasteiger partial charge in [0.15, 0.2) is 0 Å². The zero-order chi connectivity index (χ0) is 10.7. The van der Waals surface area contributed by atoms with Crippen molar-refractivity contribution in [1.29, 1.82) is 0 Å². The van der Waals surface area contributed by atoms with Gasteiger partial charge >= 0.3 is 0 Å². The molecule has 1 aliphatic rings. The standard InChI is InChI=1S/C12H18N2O/c1-9-8-14-12(7-11(9)13)15-6-5-10-3-2-4-10/h7-8,10H,2-6H2,1H3,(H2,13,14). The van der Waals surface area contributed by atoms with Crippen LogP contribution in [0, 0.1) is 12.8 Å². The summed E-state index contributed by atoms with van der Waals surface area (Å²) < 4.78 is 5.56. The molecule has 15 heavy (non-hydrogen) atoms. The second-order valence-electron chi connectivity index (χ2n) is 4.31. The van der Waals surface area contributed by atoms with Crippen LogP contribution >= 0.6 is 0 Å². The highest BCUT2D eigenvalue weighted by atomic mass is 16.5. The van der Waals surface area contributed by atoms with E-state index in [1.54, 1.807) is 12.3 Å². The predicted molar refractivity (Wildman–Crippen MR) is 60.8 cm³/mol. The van der Waals surface area contributed by atoms with Crippen LogP contribution in [0.3, 0.4) is 0 Å². The monoisotopic (exact) mass is 206 g/mol. The summed E-state index contributed by atoms with van der Waals surface area (Å²) in [7, 11) is 0. The van der Waals surface area contributed by atoms with Crippen molar-refractivity contribution in [2.45, 2.75) is 32.6 Å². The summed E-state index contributed by atoms with van der Waals surface area (Å²) in [4.78, 5) is 4.18. The van der Waals surface area contributed by atoms with Crippen molar-refractivity contribution >= 4 is 5.69 Å². The van der Waals surface area contributed by atoms with Gasteiger partial charge in [0.25, 0.3) is 0 Å². The molecule has 1 aromatic heterocycles. The first kappa shape index (κ1) is 10.3. The number of nitrogens with zero attached hydrogens (tertiary/aromatic N) is 1. The quantitative estimate of drug-likeness (QED) is 0.823. The minimum Gasteiger partial charge on any atom is -0.478 e. The minimum atomic E-state index is 0.650. The fourth-order valence-electron chi connectivity index (χ4n) is 1.71. The molecular weight excluding hydrogens is 188 g/mol. The lowest BCUT2D eigenvalue weighted by Gasteiger charge is -2.24. The third-order valence-electron chi connectivity index (χ3n) is 3.12. The van der Waals surface area contributed by atoms with Crippen LogP contribution in [0.5, 0.6) is 5.88 Å². The third kappa shape index (κ3) is 2.61. The fourth-order valence-corrected chi connectivity index (χ4v) is 1.71. The average molecular weight is 206 g/mol. The molecule has 1 fully saturated rings. The van der Waals surface area contributed by atoms with E-state index < -0.39 is 0 Å². The van der Waals surface area contributed by atoms with Crippen LogP contribution < -0.4 is 10.5 Å². The van der Waals surface area contributed by atoms with Gasteiger partial charge in [-0.1, -0.05) is 19.3 Å². The van der Waals surface area contributed by atoms with Gasteiger partial charge in [-0.3, -0.25) is 0 Å². The Morgan fingerprint density at radius 3 is 2.93 bits per heavy atom. The van der Waals surface area contributed by atoms with Gasteiger partial charge in [0, 0.05) is 18.0 Å². The van der Waals surface area contributed by atoms with Gasteiger partial charge in [-0.05, 0) is 24.8 Å². The van der Waals surface area contributed by atoms with Crippen molar-refractivity contribution in [3.8, 4) is 5.88 Å². The lowest BCUT2D eigenvalue weighted by Crippen LogP contribution is -2.14. The van der Waals surface area contributed by atoms with Crippen molar-refractivity contribution in [1.82, 2.24) is 4.98 Å². The van der Waals surface area contributed by atoms with E-state index >= 15 is 0 Å². The molecular formula is C12H18N2O. The van der Waals surface area contributed by atoms with Gasteiger partial charge in [-0.25, -0.2) is 4.98 Å². The lowest BCUT2D eigenvalue weighted by molar-refractivity contribution is 0.217. The number of anilines is 1. The van der Waals surface area contributed by atoms with Gasteiger partial charge in [0.1, 0.15) is 0 Å². The van der Waals surface area contributed by atoms with Crippen molar-refractivity contribution in [2.75, 3.05) is 12.3 Å². The maximum atomic E-state index is 5.77. The minimum absolute atomic E-state index is 0.650. The van der Waals surface area contributed by atoms with Crippen molar-refractivity contribution in [2.24, 2.45) is 5.92 Å². The van der Waals surface area contributed by atoms with Crippen LogP contribution in [0.25, 0.3) is 0 Å². The molecule has 0 unspecified atom stereocenters. The highest BCUT2D eigenvalue weighted by molar-refractivity contribution is 5.47. The van der Waals surface area contributed by atoms with E-state index in [4.69, 9.17) is 10.5 Å². The van der Waals surface area contributed by atoms with E-state index in [9.17, 15) is 0 Å². The SMILES string of the molecule is Cc1cnc(OCCC2CCC2)cc1N. The summed E-state index contributed by atoms with van der Waals surface area (Å²) in [5.41, 5.74) is 7.52. The van der Waals surface area contributed by atoms with Crippen LogP contribution in [-0.2, 0) is 0 Å². The highest BCUT2D eigenvalue weighted by Gasteiger charge is 2.16. The van der Waals surface area contributed by atoms with Gasteiger partial charge < -0.3 is 10.5 Å². The molecule has 1 heterocycles. The topological polar surface area (TPSA) is 48.1 Å². The Hall–Kier alpha value is -1.25. The Morgan fingerprint density at radius 1 is 1.53 bits per heavy atom. The Bertz CT molecular complexity index is 334. The number of rotatable bonds is 4. The molecule has 0 spiro atoms. The first-order valence-corrected chi connectivity index (χ1v) is 5.60. The van der Waals surface area contributed by atoms with Crippen LogP contribution in [0.4, 0.5) is 5.69 Å². The van der Waals surface area contributed by atoms with Crippen LogP contribution in [0.15, 0.2) is 12.3 Å². The molecule has 0 aromatic carbocycles. The summed E-state index contributed by atoms with van der Waals surface area (Å²) in [6.07, 6.45) is 7.03. The molecule has 3 nitrogen and oxygen atoms in total. The van der Waals surface area contributed by atoms with E-state index in [1.165, 1.54) is 19.3 Å². The number of hydrogen-bond acceptors (Lipinski definition) is 3. The van der Waals surface area contributed by atoms with Gasteiger partial charge in [-0.2, -0.15) is 0 Å². The maximum absolute atomic E-state index is 5.77. The van der Waals surface area contributed by atoms with Crippen molar-refractivity contribution < 1.29 is 4.74 Å². The Labute approximate surface area is 90.7 Å². The highest BCUT2D eigenvalue weighted by Crippen LogP contribution is 2.29. The first-order valence-electron chi connectivity index (χ1n) is 5.60. The number of pyridine rings is 1. The average Bonchev–Trinajstić information content (AvgIpc) is 2.15. The molecule has 1 saturated carbocycles. The van der Waals surface area contributed by atoms with E-state index in [1.807, 2.05) is 6.92 Å². The lowest BCUT2D eigenvalue weighted by atomic mass is 9.83. The van der Waals surface area contributed by atoms with E-state index in [2.05, 4.69) is 4.98 Å². The second kappa shape index (κ2) is 4.51. The molecule has 2 rings (SSSR count). The predicted octanol–water partition coefficient (Wildman–Crippen LogP) is 2.54. The largest absolute Gasteiger partial charge is 0.478 e. The second-order valence-corrected chi connectivity index (χ2v) is 4.31. The number of aryl methyl sites for hydroxylation is 1. The third-order valence-corrected chi connectivity index (χ3v) is 3.12. The molecule has 0 amide bonds. The Balaban J connectivity index is 1.79. The molecule has 2 N–H and O–H groups in total. The number of ether oxygens (including phenoxy) is 1. The number of aromatic nitrogens is 1.